The van der Waals surface area contributed by atoms with Crippen molar-refractivity contribution in [1.29, 1.82) is 0 Å². The minimum atomic E-state index is -0.0312. The molecule has 22 heavy (non-hydrogen) atoms. The number of aryl methyl sites for hydroxylation is 1. The van der Waals surface area contributed by atoms with E-state index >= 15 is 0 Å². The van der Waals surface area contributed by atoms with Crippen molar-refractivity contribution in [1.82, 2.24) is 9.80 Å². The Bertz CT molecular complexity index is 707. The molecule has 5 nitrogen and oxygen atoms in total. The van der Waals surface area contributed by atoms with Gasteiger partial charge in [0.2, 0.25) is 0 Å². The van der Waals surface area contributed by atoms with Crippen LogP contribution in [0.1, 0.15) is 23.0 Å². The van der Waals surface area contributed by atoms with Crippen molar-refractivity contribution in [2.75, 3.05) is 33.8 Å². The molecular weight excluding hydrogens is 280 g/mol. The molecule has 0 saturated carbocycles. The molecule has 0 N–H and O–H groups in total. The Morgan fingerprint density at radius 2 is 2.14 bits per heavy atom. The van der Waals surface area contributed by atoms with Gasteiger partial charge in [-0.2, -0.15) is 0 Å². The molecule has 0 bridgehead atoms. The Morgan fingerprint density at radius 1 is 1.36 bits per heavy atom. The quantitative estimate of drug-likeness (QED) is 0.855. The van der Waals surface area contributed by atoms with E-state index in [1.165, 1.54) is 0 Å². The number of amides is 1. The van der Waals surface area contributed by atoms with Gasteiger partial charge in [-0.25, -0.2) is 0 Å². The maximum absolute atomic E-state index is 12.9. The standard InChI is InChI=1S/C17H22N2O3/c1-11-10-18(3)8-9-19(11)17(20)15-12(2)13-6-5-7-14(21-4)16(13)22-15/h5-7,11H,8-10H2,1-4H3/t11-/m0/s1. The van der Waals surface area contributed by atoms with Gasteiger partial charge in [0.1, 0.15) is 0 Å². The Kier molecular flexibility index (Phi) is 3.83. The SMILES string of the molecule is COc1cccc2c(C)c(C(=O)N3CCN(C)C[C@@H]3C)oc12. The molecular formula is C17H22N2O3. The fourth-order valence-electron chi connectivity index (χ4n) is 3.15. The van der Waals surface area contributed by atoms with Gasteiger partial charge in [0.05, 0.1) is 7.11 Å². The second-order valence-electron chi connectivity index (χ2n) is 6.00. The summed E-state index contributed by atoms with van der Waals surface area (Å²) in [7, 11) is 3.69. The third kappa shape index (κ3) is 2.35. The highest BCUT2D eigenvalue weighted by Crippen LogP contribution is 2.33. The number of hydrogen-bond donors (Lipinski definition) is 0. The second-order valence-corrected chi connectivity index (χ2v) is 6.00. The number of benzene rings is 1. The maximum Gasteiger partial charge on any atom is 0.290 e. The van der Waals surface area contributed by atoms with Crippen LogP contribution in [-0.2, 0) is 0 Å². The number of rotatable bonds is 2. The molecule has 3 rings (SSSR count). The number of ether oxygens (including phenoxy) is 1. The summed E-state index contributed by atoms with van der Waals surface area (Å²) in [6.07, 6.45) is 0. The van der Waals surface area contributed by atoms with Crippen LogP contribution in [0.2, 0.25) is 0 Å². The average molecular weight is 302 g/mol. The summed E-state index contributed by atoms with van der Waals surface area (Å²) in [5, 5.41) is 0.935. The van der Waals surface area contributed by atoms with Crippen LogP contribution >= 0.6 is 0 Å². The number of likely N-dealkylation sites (N-methyl/N-ethyl adjacent to an activating group) is 1. The highest BCUT2D eigenvalue weighted by atomic mass is 16.5. The van der Waals surface area contributed by atoms with Gasteiger partial charge < -0.3 is 19.0 Å². The zero-order chi connectivity index (χ0) is 15.9. The minimum absolute atomic E-state index is 0.0312. The van der Waals surface area contributed by atoms with Gasteiger partial charge in [0.15, 0.2) is 17.1 Å². The van der Waals surface area contributed by atoms with E-state index in [1.807, 2.05) is 30.0 Å². The summed E-state index contributed by atoms with van der Waals surface area (Å²) >= 11 is 0. The lowest BCUT2D eigenvalue weighted by Gasteiger charge is -2.37. The first-order chi connectivity index (χ1) is 10.5. The van der Waals surface area contributed by atoms with Crippen molar-refractivity contribution in [3.63, 3.8) is 0 Å². The largest absolute Gasteiger partial charge is 0.493 e. The van der Waals surface area contributed by atoms with Crippen molar-refractivity contribution in [2.24, 2.45) is 0 Å². The number of methoxy groups -OCH3 is 1. The summed E-state index contributed by atoms with van der Waals surface area (Å²) in [4.78, 5) is 17.0. The Balaban J connectivity index is 1.99. The van der Waals surface area contributed by atoms with Gasteiger partial charge in [-0.1, -0.05) is 12.1 Å². The molecule has 1 saturated heterocycles. The van der Waals surface area contributed by atoms with Crippen LogP contribution in [0.25, 0.3) is 11.0 Å². The van der Waals surface area contributed by atoms with E-state index in [2.05, 4.69) is 18.9 Å². The van der Waals surface area contributed by atoms with E-state index < -0.39 is 0 Å². The summed E-state index contributed by atoms with van der Waals surface area (Å²) in [6.45, 7) is 6.50. The van der Waals surface area contributed by atoms with Gasteiger partial charge in [-0.3, -0.25) is 4.79 Å². The number of fused-ring (bicyclic) bond motifs is 1. The third-order valence-electron chi connectivity index (χ3n) is 4.43. The summed E-state index contributed by atoms with van der Waals surface area (Å²) in [6, 6.07) is 5.90. The van der Waals surface area contributed by atoms with Gasteiger partial charge in [0, 0.05) is 36.6 Å². The van der Waals surface area contributed by atoms with E-state index in [9.17, 15) is 4.79 Å². The van der Waals surface area contributed by atoms with Crippen LogP contribution in [0.5, 0.6) is 5.75 Å². The van der Waals surface area contributed by atoms with Crippen LogP contribution in [0, 0.1) is 6.92 Å². The molecule has 1 aromatic carbocycles. The average Bonchev–Trinajstić information content (AvgIpc) is 2.84. The number of nitrogens with zero attached hydrogens (tertiary/aromatic N) is 2. The number of furan rings is 1. The molecule has 2 heterocycles. The number of carbonyl (C=O) groups excluding carboxylic acids is 1. The normalized spacial score (nSPS) is 19.6. The molecule has 0 aliphatic carbocycles. The van der Waals surface area contributed by atoms with Gasteiger partial charge in [-0.05, 0) is 27.0 Å². The lowest BCUT2D eigenvalue weighted by Crippen LogP contribution is -2.52. The molecule has 1 atom stereocenters. The van der Waals surface area contributed by atoms with Gasteiger partial charge in [0.25, 0.3) is 5.91 Å². The fourth-order valence-corrected chi connectivity index (χ4v) is 3.15. The van der Waals surface area contributed by atoms with Crippen molar-refractivity contribution in [3.8, 4) is 5.75 Å². The van der Waals surface area contributed by atoms with Gasteiger partial charge >= 0.3 is 0 Å². The smallest absolute Gasteiger partial charge is 0.290 e. The Hall–Kier alpha value is -2.01. The van der Waals surface area contributed by atoms with E-state index in [-0.39, 0.29) is 11.9 Å². The molecule has 1 aliphatic rings. The molecule has 1 aromatic heterocycles. The lowest BCUT2D eigenvalue weighted by atomic mass is 10.1. The monoisotopic (exact) mass is 302 g/mol. The number of para-hydroxylation sites is 1. The lowest BCUT2D eigenvalue weighted by molar-refractivity contribution is 0.0504. The first-order valence-electron chi connectivity index (χ1n) is 7.58. The van der Waals surface area contributed by atoms with Crippen molar-refractivity contribution in [3.05, 3.63) is 29.5 Å². The van der Waals surface area contributed by atoms with Crippen LogP contribution in [0.4, 0.5) is 0 Å². The second kappa shape index (κ2) is 5.65. The molecule has 5 heteroatoms. The number of piperazine rings is 1. The van der Waals surface area contributed by atoms with Crippen LogP contribution < -0.4 is 4.74 Å². The van der Waals surface area contributed by atoms with E-state index in [1.54, 1.807) is 7.11 Å². The molecule has 1 aliphatic heterocycles. The van der Waals surface area contributed by atoms with Crippen LogP contribution in [0.15, 0.2) is 22.6 Å². The third-order valence-corrected chi connectivity index (χ3v) is 4.43. The summed E-state index contributed by atoms with van der Waals surface area (Å²) in [5.74, 6) is 1.05. The topological polar surface area (TPSA) is 45.9 Å². The fraction of sp³-hybridized carbons (Fsp3) is 0.471. The molecule has 118 valence electrons. The summed E-state index contributed by atoms with van der Waals surface area (Å²) < 4.78 is 11.2. The van der Waals surface area contributed by atoms with Crippen LogP contribution in [0.3, 0.4) is 0 Å². The van der Waals surface area contributed by atoms with E-state index in [4.69, 9.17) is 9.15 Å². The molecule has 0 spiro atoms. The van der Waals surface area contributed by atoms with Crippen molar-refractivity contribution >= 4 is 16.9 Å². The van der Waals surface area contributed by atoms with Crippen LogP contribution in [-0.4, -0.2) is 55.5 Å². The highest BCUT2D eigenvalue weighted by Gasteiger charge is 2.30. The predicted molar refractivity (Wildman–Crippen MR) is 85.5 cm³/mol. The maximum atomic E-state index is 12.9. The summed E-state index contributed by atoms with van der Waals surface area (Å²) in [5.41, 5.74) is 1.53. The molecule has 0 radical (unpaired) electrons. The molecule has 2 aromatic rings. The molecule has 1 amide bonds. The number of carbonyl (C=O) groups is 1. The highest BCUT2D eigenvalue weighted by molar-refractivity contribution is 6.00. The zero-order valence-corrected chi connectivity index (χ0v) is 13.5. The van der Waals surface area contributed by atoms with E-state index in [0.29, 0.717) is 17.1 Å². The number of hydrogen-bond acceptors (Lipinski definition) is 4. The van der Waals surface area contributed by atoms with Crippen molar-refractivity contribution < 1.29 is 13.9 Å². The Morgan fingerprint density at radius 3 is 2.82 bits per heavy atom. The molecule has 0 unspecified atom stereocenters. The minimum Gasteiger partial charge on any atom is -0.493 e. The van der Waals surface area contributed by atoms with Crippen molar-refractivity contribution in [2.45, 2.75) is 19.9 Å². The predicted octanol–water partition coefficient (Wildman–Crippen LogP) is 2.53. The first kappa shape index (κ1) is 14.9. The Labute approximate surface area is 130 Å². The zero-order valence-electron chi connectivity index (χ0n) is 13.5. The van der Waals surface area contributed by atoms with Gasteiger partial charge in [-0.15, -0.1) is 0 Å². The molecule has 1 fully saturated rings. The first-order valence-corrected chi connectivity index (χ1v) is 7.58. The van der Waals surface area contributed by atoms with E-state index in [0.717, 1.165) is 30.6 Å².